The van der Waals surface area contributed by atoms with Gasteiger partial charge in [0, 0.05) is 11.2 Å². The molecule has 0 unspecified atom stereocenters. The van der Waals surface area contributed by atoms with Crippen LogP contribution in [0.2, 0.25) is 10.0 Å². The predicted octanol–water partition coefficient (Wildman–Crippen LogP) is 3.53. The zero-order valence-electron chi connectivity index (χ0n) is 7.61. The number of benzene rings is 1. The summed E-state index contributed by atoms with van der Waals surface area (Å²) in [6.45, 7) is 0. The largest absolute Gasteiger partial charge is 0.339 e. The molecule has 0 amide bonds. The normalized spacial score (nSPS) is 10.0. The first-order valence-corrected chi connectivity index (χ1v) is 4.99. The number of anilines is 2. The van der Waals surface area contributed by atoms with Gasteiger partial charge in [-0.2, -0.15) is 0 Å². The second kappa shape index (κ2) is 4.47. The fourth-order valence-electron chi connectivity index (χ4n) is 1.09. The molecule has 1 N–H and O–H groups in total. The number of hydrogen-bond acceptors (Lipinski definition) is 3. The Kier molecular flexibility index (Phi) is 3.04. The molecular formula is C10H7Cl2N3. The summed E-state index contributed by atoms with van der Waals surface area (Å²) in [5.41, 5.74) is 0.764. The van der Waals surface area contributed by atoms with Gasteiger partial charge in [-0.3, -0.25) is 0 Å². The second-order valence-corrected chi connectivity index (χ2v) is 3.69. The lowest BCUT2D eigenvalue weighted by Crippen LogP contribution is -1.93. The van der Waals surface area contributed by atoms with E-state index in [2.05, 4.69) is 15.3 Å². The smallest absolute Gasteiger partial charge is 0.133 e. The third-order valence-corrected chi connectivity index (χ3v) is 2.32. The highest BCUT2D eigenvalue weighted by atomic mass is 35.5. The molecule has 0 bridgehead atoms. The summed E-state index contributed by atoms with van der Waals surface area (Å²) in [5, 5.41) is 4.22. The minimum absolute atomic E-state index is 0.557. The summed E-state index contributed by atoms with van der Waals surface area (Å²) in [6, 6.07) is 6.99. The van der Waals surface area contributed by atoms with Gasteiger partial charge in [-0.1, -0.05) is 23.2 Å². The highest BCUT2D eigenvalue weighted by molar-refractivity contribution is 6.36. The molecule has 3 nitrogen and oxygen atoms in total. The first-order valence-electron chi connectivity index (χ1n) is 4.24. The molecule has 2 aromatic rings. The zero-order chi connectivity index (χ0) is 10.7. The molecule has 0 atom stereocenters. The van der Waals surface area contributed by atoms with E-state index in [-0.39, 0.29) is 0 Å². The molecule has 0 saturated heterocycles. The van der Waals surface area contributed by atoms with Crippen LogP contribution in [-0.2, 0) is 0 Å². The van der Waals surface area contributed by atoms with Crippen molar-refractivity contribution < 1.29 is 0 Å². The van der Waals surface area contributed by atoms with Gasteiger partial charge in [0.05, 0.1) is 10.7 Å². The van der Waals surface area contributed by atoms with Gasteiger partial charge in [0.25, 0.3) is 0 Å². The fraction of sp³-hybridized carbons (Fsp3) is 0. The molecule has 0 saturated carbocycles. The molecule has 0 aliphatic rings. The summed E-state index contributed by atoms with van der Waals surface area (Å²) in [7, 11) is 0. The number of nitrogens with zero attached hydrogens (tertiary/aromatic N) is 2. The minimum Gasteiger partial charge on any atom is -0.339 e. The number of halogens is 2. The third-order valence-electron chi connectivity index (χ3n) is 1.78. The molecule has 0 spiro atoms. The molecule has 0 aliphatic carbocycles. The van der Waals surface area contributed by atoms with E-state index in [9.17, 15) is 0 Å². The second-order valence-electron chi connectivity index (χ2n) is 2.84. The van der Waals surface area contributed by atoms with Crippen molar-refractivity contribution in [3.05, 3.63) is 46.8 Å². The van der Waals surface area contributed by atoms with E-state index < -0.39 is 0 Å². The van der Waals surface area contributed by atoms with Crippen LogP contribution in [0.3, 0.4) is 0 Å². The van der Waals surface area contributed by atoms with Crippen LogP contribution in [0.4, 0.5) is 11.5 Å². The Morgan fingerprint density at radius 2 is 2.00 bits per heavy atom. The van der Waals surface area contributed by atoms with Gasteiger partial charge in [0.2, 0.25) is 0 Å². The number of nitrogens with one attached hydrogen (secondary N) is 1. The van der Waals surface area contributed by atoms with Crippen LogP contribution in [0.25, 0.3) is 0 Å². The van der Waals surface area contributed by atoms with E-state index in [4.69, 9.17) is 23.2 Å². The van der Waals surface area contributed by atoms with Crippen molar-refractivity contribution in [3.8, 4) is 0 Å². The Balaban J connectivity index is 2.25. The van der Waals surface area contributed by atoms with Gasteiger partial charge in [0.1, 0.15) is 12.1 Å². The lowest BCUT2D eigenvalue weighted by molar-refractivity contribution is 1.17. The Bertz CT molecular complexity index is 459. The van der Waals surface area contributed by atoms with E-state index in [1.807, 2.05) is 0 Å². The molecular weight excluding hydrogens is 233 g/mol. The third kappa shape index (κ3) is 2.58. The SMILES string of the molecule is Clc1ccc(Nc2ccncn2)c(Cl)c1. The van der Waals surface area contributed by atoms with Crippen LogP contribution in [0.15, 0.2) is 36.8 Å². The van der Waals surface area contributed by atoms with E-state index >= 15 is 0 Å². The topological polar surface area (TPSA) is 37.8 Å². The summed E-state index contributed by atoms with van der Waals surface area (Å²) < 4.78 is 0. The van der Waals surface area contributed by atoms with Crippen LogP contribution in [0.5, 0.6) is 0 Å². The molecule has 5 heteroatoms. The standard InChI is InChI=1S/C10H7Cl2N3/c11-7-1-2-9(8(12)5-7)15-10-3-4-13-6-14-10/h1-6H,(H,13,14,15). The molecule has 1 heterocycles. The summed E-state index contributed by atoms with van der Waals surface area (Å²) >= 11 is 11.8. The van der Waals surface area contributed by atoms with E-state index in [0.29, 0.717) is 15.9 Å². The quantitative estimate of drug-likeness (QED) is 0.872. The maximum absolute atomic E-state index is 5.99. The zero-order valence-corrected chi connectivity index (χ0v) is 9.13. The van der Waals surface area contributed by atoms with Crippen molar-refractivity contribution >= 4 is 34.7 Å². The highest BCUT2D eigenvalue weighted by Gasteiger charge is 2.01. The molecule has 0 radical (unpaired) electrons. The maximum Gasteiger partial charge on any atom is 0.133 e. The Morgan fingerprint density at radius 3 is 2.67 bits per heavy atom. The molecule has 2 rings (SSSR count). The summed E-state index contributed by atoms with van der Waals surface area (Å²) in [4.78, 5) is 7.84. The van der Waals surface area contributed by atoms with Gasteiger partial charge in [0.15, 0.2) is 0 Å². The van der Waals surface area contributed by atoms with Gasteiger partial charge in [-0.15, -0.1) is 0 Å². The van der Waals surface area contributed by atoms with Crippen LogP contribution >= 0.6 is 23.2 Å². The Morgan fingerprint density at radius 1 is 1.13 bits per heavy atom. The van der Waals surface area contributed by atoms with E-state index in [1.165, 1.54) is 6.33 Å². The van der Waals surface area contributed by atoms with E-state index in [0.717, 1.165) is 5.69 Å². The molecule has 0 fully saturated rings. The number of aromatic nitrogens is 2. The lowest BCUT2D eigenvalue weighted by Gasteiger charge is -2.06. The molecule has 1 aromatic heterocycles. The van der Waals surface area contributed by atoms with Crippen LogP contribution in [0.1, 0.15) is 0 Å². The first-order chi connectivity index (χ1) is 7.25. The molecule has 76 valence electrons. The highest BCUT2D eigenvalue weighted by Crippen LogP contribution is 2.27. The van der Waals surface area contributed by atoms with Crippen LogP contribution in [0, 0.1) is 0 Å². The molecule has 0 aliphatic heterocycles. The Labute approximate surface area is 97.1 Å². The van der Waals surface area contributed by atoms with Gasteiger partial charge in [-0.25, -0.2) is 9.97 Å². The summed E-state index contributed by atoms with van der Waals surface area (Å²) in [5.74, 6) is 0.689. The lowest BCUT2D eigenvalue weighted by atomic mass is 10.3. The average molecular weight is 240 g/mol. The van der Waals surface area contributed by atoms with Crippen LogP contribution in [-0.4, -0.2) is 9.97 Å². The van der Waals surface area contributed by atoms with Crippen LogP contribution < -0.4 is 5.32 Å². The van der Waals surface area contributed by atoms with Crippen molar-refractivity contribution in [1.29, 1.82) is 0 Å². The number of rotatable bonds is 2. The molecule has 15 heavy (non-hydrogen) atoms. The van der Waals surface area contributed by atoms with E-state index in [1.54, 1.807) is 30.5 Å². The fourth-order valence-corrected chi connectivity index (χ4v) is 1.55. The molecule has 1 aromatic carbocycles. The minimum atomic E-state index is 0.557. The monoisotopic (exact) mass is 239 g/mol. The van der Waals surface area contributed by atoms with Gasteiger partial charge < -0.3 is 5.32 Å². The Hall–Kier alpha value is -1.32. The summed E-state index contributed by atoms with van der Waals surface area (Å²) in [6.07, 6.45) is 3.12. The first kappa shape index (κ1) is 10.2. The van der Waals surface area contributed by atoms with Crippen molar-refractivity contribution in [3.63, 3.8) is 0 Å². The van der Waals surface area contributed by atoms with Crippen molar-refractivity contribution in [1.82, 2.24) is 9.97 Å². The number of hydrogen-bond donors (Lipinski definition) is 1. The van der Waals surface area contributed by atoms with Crippen molar-refractivity contribution in [2.45, 2.75) is 0 Å². The van der Waals surface area contributed by atoms with Gasteiger partial charge in [-0.05, 0) is 24.3 Å². The van der Waals surface area contributed by atoms with Crippen molar-refractivity contribution in [2.75, 3.05) is 5.32 Å². The maximum atomic E-state index is 5.99. The average Bonchev–Trinajstić information content (AvgIpc) is 2.24. The van der Waals surface area contributed by atoms with Crippen molar-refractivity contribution in [2.24, 2.45) is 0 Å². The predicted molar refractivity (Wildman–Crippen MR) is 61.8 cm³/mol. The van der Waals surface area contributed by atoms with Gasteiger partial charge >= 0.3 is 0 Å².